The van der Waals surface area contributed by atoms with E-state index in [9.17, 15) is 9.90 Å². The second-order valence-electron chi connectivity index (χ2n) is 6.44. The van der Waals surface area contributed by atoms with Crippen LogP contribution in [0.1, 0.15) is 27.0 Å². The lowest BCUT2D eigenvalue weighted by Crippen LogP contribution is -2.43. The van der Waals surface area contributed by atoms with Gasteiger partial charge in [-0.2, -0.15) is 0 Å². The Bertz CT molecular complexity index is 1090. The van der Waals surface area contributed by atoms with Crippen LogP contribution in [0.3, 0.4) is 0 Å². The van der Waals surface area contributed by atoms with Gasteiger partial charge in [-0.15, -0.1) is 0 Å². The number of aryl methyl sites for hydroxylation is 1. The molecule has 1 spiro atoms. The molecule has 0 saturated carbocycles. The van der Waals surface area contributed by atoms with Gasteiger partial charge < -0.3 is 19.9 Å². The van der Waals surface area contributed by atoms with Crippen molar-refractivity contribution in [1.82, 2.24) is 5.32 Å². The molecule has 0 aromatic heterocycles. The number of hydrogen-bond donors (Lipinski definition) is 2. The predicted octanol–water partition coefficient (Wildman–Crippen LogP) is 3.20. The Hall–Kier alpha value is -3.21. The molecular weight excluding hydrogens is 318 g/mol. The van der Waals surface area contributed by atoms with Crippen molar-refractivity contribution < 1.29 is 19.4 Å². The molecule has 1 amide bonds. The molecule has 5 rings (SSSR count). The average molecular weight is 333 g/mol. The van der Waals surface area contributed by atoms with Crippen molar-refractivity contribution >= 4 is 16.7 Å². The Labute approximate surface area is 143 Å². The molecule has 1 unspecified atom stereocenters. The van der Waals surface area contributed by atoms with E-state index in [0.29, 0.717) is 28.2 Å². The summed E-state index contributed by atoms with van der Waals surface area (Å²) in [6.07, 6.45) is 0. The number of methoxy groups -OCH3 is 1. The SMILES string of the molecule is COc1cccc2c1C(=O)NC21Oc2cc(C)cc3ccc(O)c1c23. The van der Waals surface area contributed by atoms with E-state index in [0.717, 1.165) is 16.3 Å². The Balaban J connectivity index is 1.89. The maximum atomic E-state index is 12.7. The summed E-state index contributed by atoms with van der Waals surface area (Å²) < 4.78 is 11.6. The van der Waals surface area contributed by atoms with Crippen molar-refractivity contribution in [2.24, 2.45) is 0 Å². The van der Waals surface area contributed by atoms with Crippen LogP contribution in [0.2, 0.25) is 0 Å². The van der Waals surface area contributed by atoms with E-state index >= 15 is 0 Å². The Morgan fingerprint density at radius 3 is 2.84 bits per heavy atom. The van der Waals surface area contributed by atoms with Crippen LogP contribution < -0.4 is 14.8 Å². The lowest BCUT2D eigenvalue weighted by atomic mass is 9.91. The quantitative estimate of drug-likeness (QED) is 0.718. The van der Waals surface area contributed by atoms with E-state index in [1.165, 1.54) is 7.11 Å². The normalized spacial score (nSPS) is 19.8. The van der Waals surface area contributed by atoms with Gasteiger partial charge in [0.15, 0.2) is 0 Å². The summed E-state index contributed by atoms with van der Waals surface area (Å²) in [5.41, 5.74) is 1.46. The van der Waals surface area contributed by atoms with Gasteiger partial charge in [0.2, 0.25) is 5.72 Å². The van der Waals surface area contributed by atoms with Crippen LogP contribution in [0.4, 0.5) is 0 Å². The van der Waals surface area contributed by atoms with Gasteiger partial charge in [0.25, 0.3) is 5.91 Å². The molecule has 25 heavy (non-hydrogen) atoms. The third-order valence-corrected chi connectivity index (χ3v) is 4.96. The van der Waals surface area contributed by atoms with Gasteiger partial charge in [-0.25, -0.2) is 0 Å². The first-order chi connectivity index (χ1) is 12.0. The second-order valence-corrected chi connectivity index (χ2v) is 6.44. The molecule has 0 bridgehead atoms. The monoisotopic (exact) mass is 333 g/mol. The van der Waals surface area contributed by atoms with E-state index in [1.807, 2.05) is 37.3 Å². The van der Waals surface area contributed by atoms with Crippen LogP contribution in [-0.2, 0) is 5.72 Å². The second kappa shape index (κ2) is 4.45. The number of fused-ring (bicyclic) bond motifs is 3. The van der Waals surface area contributed by atoms with Gasteiger partial charge in [-0.3, -0.25) is 4.79 Å². The van der Waals surface area contributed by atoms with Crippen molar-refractivity contribution in [3.8, 4) is 17.2 Å². The molecule has 5 nitrogen and oxygen atoms in total. The topological polar surface area (TPSA) is 67.8 Å². The highest BCUT2D eigenvalue weighted by molar-refractivity contribution is 6.06. The molecule has 0 aliphatic carbocycles. The van der Waals surface area contributed by atoms with Crippen LogP contribution in [0.25, 0.3) is 10.8 Å². The minimum atomic E-state index is -1.24. The molecule has 1 atom stereocenters. The van der Waals surface area contributed by atoms with E-state index in [-0.39, 0.29) is 11.7 Å². The van der Waals surface area contributed by atoms with Gasteiger partial charge in [-0.05, 0) is 36.1 Å². The number of benzene rings is 3. The summed E-state index contributed by atoms with van der Waals surface area (Å²) >= 11 is 0. The lowest BCUT2D eigenvalue weighted by Gasteiger charge is -2.26. The molecule has 0 fully saturated rings. The summed E-state index contributed by atoms with van der Waals surface area (Å²) in [6, 6.07) is 12.8. The summed E-state index contributed by atoms with van der Waals surface area (Å²) in [7, 11) is 1.53. The third kappa shape index (κ3) is 1.60. The number of aromatic hydroxyl groups is 1. The summed E-state index contributed by atoms with van der Waals surface area (Å²) in [5, 5.41) is 15.3. The maximum absolute atomic E-state index is 12.7. The van der Waals surface area contributed by atoms with Crippen LogP contribution in [-0.4, -0.2) is 18.1 Å². The smallest absolute Gasteiger partial charge is 0.259 e. The maximum Gasteiger partial charge on any atom is 0.259 e. The molecule has 3 aromatic carbocycles. The predicted molar refractivity (Wildman–Crippen MR) is 92.2 cm³/mol. The minimum Gasteiger partial charge on any atom is -0.507 e. The standard InChI is InChI=1S/C20H15NO4/c1-10-8-11-6-7-13(22)18-16(11)15(9-10)25-20(18)12-4-3-5-14(24-2)17(12)19(23)21-20/h3-9,22H,1-2H3,(H,21,23). The zero-order valence-electron chi connectivity index (χ0n) is 13.7. The van der Waals surface area contributed by atoms with Gasteiger partial charge >= 0.3 is 0 Å². The van der Waals surface area contributed by atoms with Crippen LogP contribution in [0.5, 0.6) is 17.2 Å². The highest BCUT2D eigenvalue weighted by Crippen LogP contribution is 2.54. The fraction of sp³-hybridized carbons (Fsp3) is 0.150. The van der Waals surface area contributed by atoms with Gasteiger partial charge in [0.1, 0.15) is 17.2 Å². The highest BCUT2D eigenvalue weighted by atomic mass is 16.5. The Morgan fingerprint density at radius 1 is 1.20 bits per heavy atom. The third-order valence-electron chi connectivity index (χ3n) is 4.96. The lowest BCUT2D eigenvalue weighted by molar-refractivity contribution is 0.0703. The number of carbonyl (C=O) groups excluding carboxylic acids is 1. The van der Waals surface area contributed by atoms with Gasteiger partial charge in [-0.1, -0.05) is 24.3 Å². The minimum absolute atomic E-state index is 0.0890. The molecule has 2 aliphatic heterocycles. The molecular formula is C20H15NO4. The fourth-order valence-electron chi connectivity index (χ4n) is 4.01. The molecule has 5 heteroatoms. The number of carbonyl (C=O) groups is 1. The zero-order chi connectivity index (χ0) is 17.3. The largest absolute Gasteiger partial charge is 0.507 e. The molecule has 0 radical (unpaired) electrons. The molecule has 3 aromatic rings. The van der Waals surface area contributed by atoms with E-state index in [1.54, 1.807) is 12.1 Å². The van der Waals surface area contributed by atoms with E-state index in [4.69, 9.17) is 9.47 Å². The van der Waals surface area contributed by atoms with Crippen molar-refractivity contribution in [2.45, 2.75) is 12.6 Å². The number of rotatable bonds is 1. The fourth-order valence-corrected chi connectivity index (χ4v) is 4.01. The van der Waals surface area contributed by atoms with Gasteiger partial charge in [0.05, 0.1) is 18.2 Å². The molecule has 2 N–H and O–H groups in total. The van der Waals surface area contributed by atoms with E-state index < -0.39 is 5.72 Å². The van der Waals surface area contributed by atoms with Gasteiger partial charge in [0, 0.05) is 10.9 Å². The molecule has 2 aliphatic rings. The van der Waals surface area contributed by atoms with Crippen LogP contribution in [0, 0.1) is 6.92 Å². The first-order valence-electron chi connectivity index (χ1n) is 8.01. The molecule has 124 valence electrons. The summed E-state index contributed by atoms with van der Waals surface area (Å²) in [6.45, 7) is 1.99. The Morgan fingerprint density at radius 2 is 2.04 bits per heavy atom. The summed E-state index contributed by atoms with van der Waals surface area (Å²) in [5.74, 6) is 0.936. The van der Waals surface area contributed by atoms with Crippen LogP contribution in [0.15, 0.2) is 42.5 Å². The van der Waals surface area contributed by atoms with E-state index in [2.05, 4.69) is 5.32 Å². The average Bonchev–Trinajstić information content (AvgIpc) is 3.07. The number of phenolic OH excluding ortho intramolecular Hbond substituents is 1. The van der Waals surface area contributed by atoms with Crippen molar-refractivity contribution in [3.05, 3.63) is 64.7 Å². The van der Waals surface area contributed by atoms with Crippen molar-refractivity contribution in [1.29, 1.82) is 0 Å². The zero-order valence-corrected chi connectivity index (χ0v) is 13.7. The number of hydrogen-bond acceptors (Lipinski definition) is 4. The number of phenols is 1. The van der Waals surface area contributed by atoms with Crippen molar-refractivity contribution in [3.63, 3.8) is 0 Å². The van der Waals surface area contributed by atoms with Crippen molar-refractivity contribution in [2.75, 3.05) is 7.11 Å². The van der Waals surface area contributed by atoms with Crippen LogP contribution >= 0.6 is 0 Å². The highest BCUT2D eigenvalue weighted by Gasteiger charge is 2.54. The molecule has 0 saturated heterocycles. The Kier molecular flexibility index (Phi) is 2.52. The summed E-state index contributed by atoms with van der Waals surface area (Å²) in [4.78, 5) is 12.7. The first-order valence-corrected chi connectivity index (χ1v) is 8.01. The number of amides is 1. The number of ether oxygens (including phenoxy) is 2. The first kappa shape index (κ1) is 14.2. The molecule has 2 heterocycles. The number of nitrogens with one attached hydrogen (secondary N) is 1.